The van der Waals surface area contributed by atoms with E-state index in [0.29, 0.717) is 0 Å². The van der Waals surface area contributed by atoms with Crippen molar-refractivity contribution in [1.82, 2.24) is 9.97 Å². The van der Waals surface area contributed by atoms with Crippen LogP contribution >= 0.6 is 35.0 Å². The second-order valence-electron chi connectivity index (χ2n) is 3.95. The molecule has 0 aliphatic carbocycles. The van der Waals surface area contributed by atoms with Gasteiger partial charge in [-0.05, 0) is 6.26 Å². The topological polar surface area (TPSA) is 113 Å². The first-order valence-electron chi connectivity index (χ1n) is 5.61. The molecule has 2 rings (SSSR count). The number of aromatic nitrogens is 2. The first-order valence-corrected chi connectivity index (χ1v) is 7.59. The number of nitriles is 1. The lowest BCUT2D eigenvalue weighted by Gasteiger charge is -2.09. The summed E-state index contributed by atoms with van der Waals surface area (Å²) in [5.74, 6) is 0. The minimum Gasteiger partial charge on any atom is -0.300 e. The molecule has 7 nitrogen and oxygen atoms in total. The summed E-state index contributed by atoms with van der Waals surface area (Å²) in [4.78, 5) is 28.6. The molecule has 2 aromatic rings. The predicted molar refractivity (Wildman–Crippen MR) is 83.5 cm³/mol. The summed E-state index contributed by atoms with van der Waals surface area (Å²) >= 11 is 13.2. The molecule has 0 bridgehead atoms. The fraction of sp³-hybridized carbons (Fsp3) is 0.0833. The highest BCUT2D eigenvalue weighted by atomic mass is 35.5. The van der Waals surface area contributed by atoms with Crippen LogP contribution in [-0.4, -0.2) is 21.1 Å². The molecule has 1 N–H and O–H groups in total. The minimum atomic E-state index is -0.648. The molecule has 1 heterocycles. The van der Waals surface area contributed by atoms with Gasteiger partial charge < -0.3 is 4.98 Å². The molecule has 0 saturated heterocycles. The lowest BCUT2D eigenvalue weighted by atomic mass is 10.1. The number of benzene rings is 1. The van der Waals surface area contributed by atoms with Crippen molar-refractivity contribution in [2.75, 3.05) is 6.26 Å². The number of hydrogen-bond donors (Lipinski definition) is 1. The number of thioether (sulfide) groups is 1. The van der Waals surface area contributed by atoms with E-state index in [-0.39, 0.29) is 37.7 Å². The normalized spacial score (nSPS) is 10.3. The molecule has 0 spiro atoms. The fourth-order valence-corrected chi connectivity index (χ4v) is 2.76. The highest BCUT2D eigenvalue weighted by Crippen LogP contribution is 2.38. The molecule has 0 aliphatic heterocycles. The molecule has 0 unspecified atom stereocenters. The number of nitro groups is 1. The number of halogens is 2. The van der Waals surface area contributed by atoms with Crippen molar-refractivity contribution in [3.05, 3.63) is 48.2 Å². The molecule has 1 aromatic heterocycles. The van der Waals surface area contributed by atoms with Gasteiger partial charge in [-0.15, -0.1) is 0 Å². The van der Waals surface area contributed by atoms with Gasteiger partial charge in [-0.1, -0.05) is 35.0 Å². The Morgan fingerprint density at radius 3 is 2.45 bits per heavy atom. The van der Waals surface area contributed by atoms with Gasteiger partial charge in [0.15, 0.2) is 5.16 Å². The number of nitro benzene ring substituents is 1. The summed E-state index contributed by atoms with van der Waals surface area (Å²) in [5, 5.41) is 20.1. The summed E-state index contributed by atoms with van der Waals surface area (Å²) in [6.07, 6.45) is 1.69. The van der Waals surface area contributed by atoms with E-state index >= 15 is 0 Å². The number of rotatable bonds is 3. The smallest absolute Gasteiger partial charge is 0.272 e. The maximum Gasteiger partial charge on any atom is 0.272 e. The monoisotopic (exact) mass is 356 g/mol. The van der Waals surface area contributed by atoms with E-state index in [1.165, 1.54) is 0 Å². The number of aromatic amines is 1. The predicted octanol–water partition coefficient (Wildman–Crippen LogP) is 3.25. The van der Waals surface area contributed by atoms with Gasteiger partial charge in [0.2, 0.25) is 0 Å². The summed E-state index contributed by atoms with van der Waals surface area (Å²) in [5.41, 5.74) is -1.11. The van der Waals surface area contributed by atoms with Gasteiger partial charge in [0.05, 0.1) is 20.7 Å². The van der Waals surface area contributed by atoms with Crippen LogP contribution in [0.1, 0.15) is 5.56 Å². The number of H-pyrrole nitrogens is 1. The lowest BCUT2D eigenvalue weighted by Crippen LogP contribution is -2.14. The van der Waals surface area contributed by atoms with Crippen LogP contribution in [0.25, 0.3) is 11.3 Å². The van der Waals surface area contributed by atoms with Gasteiger partial charge in [-0.25, -0.2) is 4.98 Å². The second kappa shape index (κ2) is 6.36. The van der Waals surface area contributed by atoms with Crippen molar-refractivity contribution in [1.29, 1.82) is 5.26 Å². The van der Waals surface area contributed by atoms with Gasteiger partial charge in [0.1, 0.15) is 11.6 Å². The zero-order chi connectivity index (χ0) is 16.4. The van der Waals surface area contributed by atoms with Crippen LogP contribution in [0.3, 0.4) is 0 Å². The largest absolute Gasteiger partial charge is 0.300 e. The van der Waals surface area contributed by atoms with Crippen molar-refractivity contribution in [3.63, 3.8) is 0 Å². The van der Waals surface area contributed by atoms with Gasteiger partial charge in [-0.2, -0.15) is 5.26 Å². The zero-order valence-corrected chi connectivity index (χ0v) is 13.2. The van der Waals surface area contributed by atoms with Gasteiger partial charge >= 0.3 is 0 Å². The first kappa shape index (κ1) is 16.3. The molecule has 0 atom stereocenters. The Labute approximate surface area is 138 Å². The van der Waals surface area contributed by atoms with E-state index < -0.39 is 10.5 Å². The number of non-ortho nitro benzene ring substituents is 1. The average molecular weight is 357 g/mol. The lowest BCUT2D eigenvalue weighted by molar-refractivity contribution is -0.384. The maximum absolute atomic E-state index is 11.9. The van der Waals surface area contributed by atoms with Crippen LogP contribution in [0.15, 0.2) is 22.1 Å². The number of hydrogen-bond acceptors (Lipinski definition) is 6. The summed E-state index contributed by atoms with van der Waals surface area (Å²) in [6, 6.07) is 3.92. The molecule has 22 heavy (non-hydrogen) atoms. The third-order valence-corrected chi connectivity index (χ3v) is 3.85. The molecule has 112 valence electrons. The van der Waals surface area contributed by atoms with Crippen LogP contribution in [0.4, 0.5) is 5.69 Å². The molecule has 0 saturated carbocycles. The maximum atomic E-state index is 11.9. The quantitative estimate of drug-likeness (QED) is 0.390. The summed E-state index contributed by atoms with van der Waals surface area (Å²) < 4.78 is 0. The standard InChI is InChI=1S/C12H6Cl2N4O3S/c1-22-12-16-10(6(4-15)11(19)17-12)9-7(13)2-5(18(20)21)3-8(9)14/h2-3H,1H3,(H,16,17,19). The highest BCUT2D eigenvalue weighted by molar-refractivity contribution is 7.98. The average Bonchev–Trinajstić information content (AvgIpc) is 2.45. The van der Waals surface area contributed by atoms with Crippen LogP contribution in [-0.2, 0) is 0 Å². The molecule has 0 fully saturated rings. The molecule has 10 heteroatoms. The van der Waals surface area contributed by atoms with Crippen molar-refractivity contribution in [2.24, 2.45) is 0 Å². The third kappa shape index (κ3) is 2.92. The van der Waals surface area contributed by atoms with Crippen molar-refractivity contribution in [3.8, 4) is 17.3 Å². The van der Waals surface area contributed by atoms with E-state index in [4.69, 9.17) is 28.5 Å². The van der Waals surface area contributed by atoms with E-state index in [2.05, 4.69) is 9.97 Å². The molecule has 0 amide bonds. The van der Waals surface area contributed by atoms with Crippen molar-refractivity contribution >= 4 is 40.7 Å². The number of nitrogens with one attached hydrogen (secondary N) is 1. The Balaban J connectivity index is 2.83. The Hall–Kier alpha value is -2.08. The van der Waals surface area contributed by atoms with E-state index in [0.717, 1.165) is 23.9 Å². The van der Waals surface area contributed by atoms with Gasteiger partial charge in [0, 0.05) is 17.7 Å². The first-order chi connectivity index (χ1) is 10.4. The fourth-order valence-electron chi connectivity index (χ4n) is 1.73. The zero-order valence-electron chi connectivity index (χ0n) is 10.9. The van der Waals surface area contributed by atoms with E-state index in [1.807, 2.05) is 0 Å². The van der Waals surface area contributed by atoms with Gasteiger partial charge in [0.25, 0.3) is 11.2 Å². The summed E-state index contributed by atoms with van der Waals surface area (Å²) in [7, 11) is 0. The van der Waals surface area contributed by atoms with Crippen LogP contribution in [0.5, 0.6) is 0 Å². The molecule has 0 aliphatic rings. The van der Waals surface area contributed by atoms with Crippen LogP contribution < -0.4 is 5.56 Å². The third-order valence-electron chi connectivity index (χ3n) is 2.68. The molecule has 0 radical (unpaired) electrons. The number of nitrogens with zero attached hydrogens (tertiary/aromatic N) is 3. The Morgan fingerprint density at radius 1 is 1.41 bits per heavy atom. The molecular formula is C12H6Cl2N4O3S. The molecule has 1 aromatic carbocycles. The second-order valence-corrected chi connectivity index (χ2v) is 5.56. The summed E-state index contributed by atoms with van der Waals surface area (Å²) in [6.45, 7) is 0. The van der Waals surface area contributed by atoms with E-state index in [1.54, 1.807) is 12.3 Å². The van der Waals surface area contributed by atoms with Crippen molar-refractivity contribution < 1.29 is 4.92 Å². The van der Waals surface area contributed by atoms with Gasteiger partial charge in [-0.3, -0.25) is 14.9 Å². The Bertz CT molecular complexity index is 853. The van der Waals surface area contributed by atoms with Crippen LogP contribution in [0, 0.1) is 21.4 Å². The van der Waals surface area contributed by atoms with Crippen molar-refractivity contribution in [2.45, 2.75) is 5.16 Å². The van der Waals surface area contributed by atoms with Crippen LogP contribution in [0.2, 0.25) is 10.0 Å². The SMILES string of the molecule is CSc1nc(-c2c(Cl)cc([N+](=O)[O-])cc2Cl)c(C#N)c(=O)[nH]1. The highest BCUT2D eigenvalue weighted by Gasteiger charge is 2.21. The van der Waals surface area contributed by atoms with E-state index in [9.17, 15) is 14.9 Å². The molecular weight excluding hydrogens is 351 g/mol. The Morgan fingerprint density at radius 2 is 2.00 bits per heavy atom. The Kier molecular flexibility index (Phi) is 4.71. The minimum absolute atomic E-state index is 0.0134.